The molecule has 1 aromatic heterocycles. The maximum Gasteiger partial charge on any atom is 0.425 e. The largest absolute Gasteiger partial charge is 0.497 e. The number of carbonyl (C=O) groups is 3. The van der Waals surface area contributed by atoms with Gasteiger partial charge in [-0.05, 0) is 66.2 Å². The molecule has 38 heavy (non-hydrogen) atoms. The number of ether oxygens (including phenoxy) is 1. The molecule has 0 spiro atoms. The van der Waals surface area contributed by atoms with Crippen molar-refractivity contribution in [1.29, 1.82) is 0 Å². The molecule has 0 saturated carbocycles. The van der Waals surface area contributed by atoms with Gasteiger partial charge in [0, 0.05) is 28.1 Å². The minimum absolute atomic E-state index is 0.124. The molecule has 4 rings (SSSR count). The zero-order valence-corrected chi connectivity index (χ0v) is 20.6. The van der Waals surface area contributed by atoms with Crippen LogP contribution in [-0.2, 0) is 6.42 Å². The van der Waals surface area contributed by atoms with E-state index in [-0.39, 0.29) is 23.4 Å². The summed E-state index contributed by atoms with van der Waals surface area (Å²) in [6, 6.07) is 18.4. The molecule has 3 amide bonds. The van der Waals surface area contributed by atoms with Crippen LogP contribution < -0.4 is 21.0 Å². The van der Waals surface area contributed by atoms with Gasteiger partial charge in [-0.2, -0.15) is 9.89 Å². The van der Waals surface area contributed by atoms with Crippen molar-refractivity contribution < 1.29 is 28.6 Å². The molecule has 12 heteroatoms. The highest BCUT2D eigenvalue weighted by atomic mass is 35.5. The van der Waals surface area contributed by atoms with E-state index in [2.05, 4.69) is 21.4 Å². The first kappa shape index (κ1) is 26.2. The van der Waals surface area contributed by atoms with Gasteiger partial charge in [0.15, 0.2) is 5.69 Å². The summed E-state index contributed by atoms with van der Waals surface area (Å²) in [5, 5.41) is 14.1. The Hall–Kier alpha value is -4.90. The number of amides is 3. The van der Waals surface area contributed by atoms with Crippen LogP contribution in [0, 0.1) is 5.82 Å². The molecule has 0 unspecified atom stereocenters. The monoisotopic (exact) mass is 537 g/mol. The number of rotatable bonds is 7. The molecule has 4 aromatic rings. The van der Waals surface area contributed by atoms with Crippen LogP contribution in [-0.4, -0.2) is 40.0 Å². The summed E-state index contributed by atoms with van der Waals surface area (Å²) < 4.78 is 18.9. The second-order valence-corrected chi connectivity index (χ2v) is 8.39. The molecule has 0 fully saturated rings. The number of carboxylic acid groups (broad SMARTS) is 1. The topological polar surface area (TPSA) is 135 Å². The van der Waals surface area contributed by atoms with Crippen molar-refractivity contribution in [2.75, 3.05) is 12.5 Å². The second kappa shape index (κ2) is 11.4. The standard InChI is InChI=1S/C26H21ClFN5O5/c1-38-20-4-2-3-15(13-20)14-21-22(16-7-11-19(28)12-8-16)31-33(32-26(36)37)23(21)25(35)30-29-24(34)17-5-9-18(27)10-6-17/h2-13,32H,14H2,1H3,(H,29,34)(H,30,35)(H,36,37). The molecule has 0 aliphatic carbocycles. The van der Waals surface area contributed by atoms with Crippen LogP contribution in [0.3, 0.4) is 0 Å². The van der Waals surface area contributed by atoms with Crippen molar-refractivity contribution in [1.82, 2.24) is 20.7 Å². The fourth-order valence-electron chi connectivity index (χ4n) is 3.69. The number of nitrogens with one attached hydrogen (secondary N) is 3. The lowest BCUT2D eigenvalue weighted by Gasteiger charge is -2.12. The van der Waals surface area contributed by atoms with Gasteiger partial charge in [-0.15, -0.1) is 0 Å². The number of aromatic nitrogens is 2. The predicted octanol–water partition coefficient (Wildman–Crippen LogP) is 4.24. The van der Waals surface area contributed by atoms with Crippen molar-refractivity contribution in [2.24, 2.45) is 0 Å². The van der Waals surface area contributed by atoms with Crippen molar-refractivity contribution in [2.45, 2.75) is 6.42 Å². The van der Waals surface area contributed by atoms with Gasteiger partial charge in [-0.1, -0.05) is 23.7 Å². The van der Waals surface area contributed by atoms with E-state index in [9.17, 15) is 23.9 Å². The molecular weight excluding hydrogens is 517 g/mol. The molecule has 0 atom stereocenters. The second-order valence-electron chi connectivity index (χ2n) is 7.95. The zero-order valence-electron chi connectivity index (χ0n) is 19.9. The molecule has 0 aliphatic rings. The number of methoxy groups -OCH3 is 1. The fraction of sp³-hybridized carbons (Fsp3) is 0.0769. The van der Waals surface area contributed by atoms with Gasteiger partial charge in [0.1, 0.15) is 11.6 Å². The van der Waals surface area contributed by atoms with E-state index in [4.69, 9.17) is 16.3 Å². The minimum Gasteiger partial charge on any atom is -0.497 e. The molecule has 0 saturated heterocycles. The number of hydrazine groups is 1. The quantitative estimate of drug-likeness (QED) is 0.260. The van der Waals surface area contributed by atoms with Crippen LogP contribution in [0.4, 0.5) is 9.18 Å². The van der Waals surface area contributed by atoms with Crippen LogP contribution in [0.25, 0.3) is 11.3 Å². The number of hydrogen-bond donors (Lipinski definition) is 4. The summed E-state index contributed by atoms with van der Waals surface area (Å²) >= 11 is 5.85. The number of hydrogen-bond acceptors (Lipinski definition) is 5. The highest BCUT2D eigenvalue weighted by Gasteiger charge is 2.26. The van der Waals surface area contributed by atoms with Crippen LogP contribution in [0.5, 0.6) is 5.75 Å². The average Bonchev–Trinajstić information content (AvgIpc) is 3.24. The van der Waals surface area contributed by atoms with Gasteiger partial charge >= 0.3 is 6.09 Å². The van der Waals surface area contributed by atoms with Crippen molar-refractivity contribution in [3.63, 3.8) is 0 Å². The minimum atomic E-state index is -1.48. The molecule has 0 aliphatic heterocycles. The first-order chi connectivity index (χ1) is 18.2. The van der Waals surface area contributed by atoms with E-state index >= 15 is 0 Å². The fourth-order valence-corrected chi connectivity index (χ4v) is 3.82. The van der Waals surface area contributed by atoms with Gasteiger partial charge in [0.2, 0.25) is 0 Å². The van der Waals surface area contributed by atoms with E-state index in [1.54, 1.807) is 24.3 Å². The van der Waals surface area contributed by atoms with Gasteiger partial charge in [0.25, 0.3) is 11.8 Å². The molecule has 3 aromatic carbocycles. The normalized spacial score (nSPS) is 10.5. The third kappa shape index (κ3) is 6.08. The predicted molar refractivity (Wildman–Crippen MR) is 137 cm³/mol. The van der Waals surface area contributed by atoms with Crippen molar-refractivity contribution in [3.8, 4) is 17.0 Å². The third-order valence-electron chi connectivity index (χ3n) is 5.43. The van der Waals surface area contributed by atoms with Gasteiger partial charge in [0.05, 0.1) is 12.8 Å². The summed E-state index contributed by atoms with van der Waals surface area (Å²) in [5.74, 6) is -1.38. The van der Waals surface area contributed by atoms with E-state index in [0.717, 1.165) is 10.4 Å². The smallest absolute Gasteiger partial charge is 0.425 e. The Morgan fingerprint density at radius 1 is 1.00 bits per heavy atom. The van der Waals surface area contributed by atoms with E-state index in [0.29, 0.717) is 21.9 Å². The lowest BCUT2D eigenvalue weighted by molar-refractivity contribution is 0.0841. The van der Waals surface area contributed by atoms with Crippen LogP contribution in [0.1, 0.15) is 32.0 Å². The highest BCUT2D eigenvalue weighted by Crippen LogP contribution is 2.29. The Labute approximate surface area is 220 Å². The Balaban J connectivity index is 1.75. The zero-order chi connectivity index (χ0) is 27.2. The average molecular weight is 538 g/mol. The van der Waals surface area contributed by atoms with E-state index in [1.165, 1.54) is 55.6 Å². The number of halogens is 2. The number of benzene rings is 3. The molecule has 4 N–H and O–H groups in total. The van der Waals surface area contributed by atoms with Crippen molar-refractivity contribution >= 4 is 29.5 Å². The Bertz CT molecular complexity index is 1490. The first-order valence-corrected chi connectivity index (χ1v) is 11.5. The summed E-state index contributed by atoms with van der Waals surface area (Å²) in [7, 11) is 1.51. The van der Waals surface area contributed by atoms with Gasteiger partial charge in [-0.25, -0.2) is 14.6 Å². The Kier molecular flexibility index (Phi) is 7.88. The molecule has 1 heterocycles. The van der Waals surface area contributed by atoms with Crippen molar-refractivity contribution in [3.05, 3.63) is 106 Å². The molecule has 0 radical (unpaired) electrons. The summed E-state index contributed by atoms with van der Waals surface area (Å²) in [4.78, 5) is 38.2. The van der Waals surface area contributed by atoms with Crippen LogP contribution >= 0.6 is 11.6 Å². The maximum absolute atomic E-state index is 13.6. The molecule has 194 valence electrons. The molecule has 10 nitrogen and oxygen atoms in total. The lowest BCUT2D eigenvalue weighted by atomic mass is 9.98. The molecular formula is C26H21ClFN5O5. The van der Waals surface area contributed by atoms with Crippen LogP contribution in [0.2, 0.25) is 5.02 Å². The SMILES string of the molecule is COc1cccc(Cc2c(-c3ccc(F)cc3)nn(NC(=O)O)c2C(=O)NNC(=O)c2ccc(Cl)cc2)c1. The molecule has 0 bridgehead atoms. The number of carbonyl (C=O) groups excluding carboxylic acids is 2. The number of nitrogens with zero attached hydrogens (tertiary/aromatic N) is 2. The highest BCUT2D eigenvalue weighted by molar-refractivity contribution is 6.30. The lowest BCUT2D eigenvalue weighted by Crippen LogP contribution is -2.43. The maximum atomic E-state index is 13.6. The Morgan fingerprint density at radius 3 is 2.34 bits per heavy atom. The van der Waals surface area contributed by atoms with Crippen LogP contribution in [0.15, 0.2) is 72.8 Å². The first-order valence-electron chi connectivity index (χ1n) is 11.1. The Morgan fingerprint density at radius 2 is 1.68 bits per heavy atom. The van der Waals surface area contributed by atoms with Gasteiger partial charge in [-0.3, -0.25) is 20.4 Å². The van der Waals surface area contributed by atoms with E-state index in [1.807, 2.05) is 0 Å². The summed E-state index contributed by atoms with van der Waals surface area (Å²) in [6.07, 6.45) is -1.36. The van der Waals surface area contributed by atoms with Gasteiger partial charge < -0.3 is 9.84 Å². The summed E-state index contributed by atoms with van der Waals surface area (Å²) in [6.45, 7) is 0. The third-order valence-corrected chi connectivity index (χ3v) is 5.68. The van der Waals surface area contributed by atoms with E-state index < -0.39 is 23.7 Å². The summed E-state index contributed by atoms with van der Waals surface area (Å²) in [5.41, 5.74) is 8.41.